The molecule has 5 nitrogen and oxygen atoms in total. The number of hydrogen-bond acceptors (Lipinski definition) is 4. The number of rotatable bonds is 4. The van der Waals surface area contributed by atoms with Gasteiger partial charge in [0.25, 0.3) is 5.91 Å². The number of carbonyl (C=O) groups excluding carboxylic acids is 1. The number of anilines is 1. The van der Waals surface area contributed by atoms with E-state index in [0.29, 0.717) is 18.0 Å². The predicted molar refractivity (Wildman–Crippen MR) is 81.1 cm³/mol. The largest absolute Gasteiger partial charge is 0.353 e. The van der Waals surface area contributed by atoms with Gasteiger partial charge in [0.05, 0.1) is 5.56 Å². The molecular formula is C15H24N4O. The zero-order valence-corrected chi connectivity index (χ0v) is 12.6. The Balaban J connectivity index is 2.11. The summed E-state index contributed by atoms with van der Waals surface area (Å²) in [6.07, 6.45) is 1.76. The summed E-state index contributed by atoms with van der Waals surface area (Å²) in [7, 11) is 2.12. The molecule has 2 heterocycles. The van der Waals surface area contributed by atoms with Crippen LogP contribution in [-0.4, -0.2) is 55.6 Å². The molecule has 1 N–H and O–H groups in total. The molecule has 1 aliphatic rings. The van der Waals surface area contributed by atoms with Crippen molar-refractivity contribution in [1.82, 2.24) is 15.2 Å². The van der Waals surface area contributed by atoms with Gasteiger partial charge in [0.1, 0.15) is 5.82 Å². The summed E-state index contributed by atoms with van der Waals surface area (Å²) in [6, 6.07) is 3.68. The van der Waals surface area contributed by atoms with Crippen molar-refractivity contribution in [2.75, 3.05) is 44.7 Å². The van der Waals surface area contributed by atoms with Crippen molar-refractivity contribution >= 4 is 11.7 Å². The first-order chi connectivity index (χ1) is 9.58. The third kappa shape index (κ3) is 3.70. The molecule has 1 aromatic heterocycles. The zero-order chi connectivity index (χ0) is 14.5. The molecule has 0 aliphatic carbocycles. The predicted octanol–water partition coefficient (Wildman–Crippen LogP) is 1.22. The van der Waals surface area contributed by atoms with Crippen molar-refractivity contribution < 1.29 is 4.79 Å². The summed E-state index contributed by atoms with van der Waals surface area (Å²) < 4.78 is 0. The Morgan fingerprint density at radius 1 is 1.35 bits per heavy atom. The van der Waals surface area contributed by atoms with Crippen LogP contribution in [0.3, 0.4) is 0 Å². The average Bonchev–Trinajstić information content (AvgIpc) is 2.45. The van der Waals surface area contributed by atoms with Crippen molar-refractivity contribution in [3.05, 3.63) is 23.9 Å². The molecule has 1 fully saturated rings. The zero-order valence-electron chi connectivity index (χ0n) is 12.6. The lowest BCUT2D eigenvalue weighted by Gasteiger charge is -2.34. The van der Waals surface area contributed by atoms with Crippen LogP contribution in [0.15, 0.2) is 18.3 Å². The Kier molecular flexibility index (Phi) is 4.95. The minimum absolute atomic E-state index is 0.0271. The third-order valence-corrected chi connectivity index (χ3v) is 3.50. The molecule has 1 aliphatic heterocycles. The smallest absolute Gasteiger partial charge is 0.255 e. The average molecular weight is 276 g/mol. The van der Waals surface area contributed by atoms with E-state index in [1.807, 2.05) is 12.1 Å². The van der Waals surface area contributed by atoms with E-state index in [1.165, 1.54) is 0 Å². The van der Waals surface area contributed by atoms with Gasteiger partial charge in [0, 0.05) is 38.9 Å². The van der Waals surface area contributed by atoms with Gasteiger partial charge in [-0.25, -0.2) is 4.98 Å². The van der Waals surface area contributed by atoms with Gasteiger partial charge in [-0.15, -0.1) is 0 Å². The molecule has 0 atom stereocenters. The second-order valence-corrected chi connectivity index (χ2v) is 5.77. The highest BCUT2D eigenvalue weighted by Gasteiger charge is 2.20. The normalized spacial score (nSPS) is 16.5. The Labute approximate surface area is 121 Å². The maximum atomic E-state index is 12.3. The van der Waals surface area contributed by atoms with Crippen LogP contribution >= 0.6 is 0 Å². The monoisotopic (exact) mass is 276 g/mol. The van der Waals surface area contributed by atoms with E-state index in [-0.39, 0.29) is 5.91 Å². The maximum Gasteiger partial charge on any atom is 0.255 e. The number of nitrogens with one attached hydrogen (secondary N) is 1. The molecule has 0 unspecified atom stereocenters. The van der Waals surface area contributed by atoms with Crippen LogP contribution < -0.4 is 10.2 Å². The first-order valence-corrected chi connectivity index (χ1v) is 7.24. The summed E-state index contributed by atoms with van der Waals surface area (Å²) in [5.41, 5.74) is 0.678. The standard InChI is InChI=1S/C15H24N4O/c1-12(2)11-17-15(20)13-5-4-6-16-14(13)19-9-7-18(3)8-10-19/h4-6,12H,7-11H2,1-3H3,(H,17,20). The molecule has 110 valence electrons. The van der Waals surface area contributed by atoms with Crippen LogP contribution in [0.5, 0.6) is 0 Å². The molecule has 0 saturated carbocycles. The number of amides is 1. The number of piperazine rings is 1. The number of aromatic nitrogens is 1. The highest BCUT2D eigenvalue weighted by molar-refractivity contribution is 5.98. The van der Waals surface area contributed by atoms with Crippen LogP contribution in [0.4, 0.5) is 5.82 Å². The van der Waals surface area contributed by atoms with Crippen molar-refractivity contribution in [3.63, 3.8) is 0 Å². The summed E-state index contributed by atoms with van der Waals surface area (Å²) >= 11 is 0. The lowest BCUT2D eigenvalue weighted by atomic mass is 10.2. The molecule has 1 aromatic rings. The first kappa shape index (κ1) is 14.8. The van der Waals surface area contributed by atoms with Crippen molar-refractivity contribution in [3.8, 4) is 0 Å². The number of nitrogens with zero attached hydrogens (tertiary/aromatic N) is 3. The van der Waals surface area contributed by atoms with Gasteiger partial charge < -0.3 is 15.1 Å². The van der Waals surface area contributed by atoms with Crippen LogP contribution in [0, 0.1) is 5.92 Å². The highest BCUT2D eigenvalue weighted by atomic mass is 16.1. The topological polar surface area (TPSA) is 48.5 Å². The lowest BCUT2D eigenvalue weighted by molar-refractivity contribution is 0.0949. The fourth-order valence-corrected chi connectivity index (χ4v) is 2.24. The molecule has 0 radical (unpaired) electrons. The number of carbonyl (C=O) groups is 1. The number of likely N-dealkylation sites (N-methyl/N-ethyl adjacent to an activating group) is 1. The molecule has 1 amide bonds. The van der Waals surface area contributed by atoms with Gasteiger partial charge in [-0.2, -0.15) is 0 Å². The second-order valence-electron chi connectivity index (χ2n) is 5.77. The van der Waals surface area contributed by atoms with E-state index in [4.69, 9.17) is 0 Å². The van der Waals surface area contributed by atoms with E-state index < -0.39 is 0 Å². The second kappa shape index (κ2) is 6.70. The van der Waals surface area contributed by atoms with E-state index in [1.54, 1.807) is 6.20 Å². The van der Waals surface area contributed by atoms with Gasteiger partial charge in [-0.3, -0.25) is 4.79 Å². The Morgan fingerprint density at radius 3 is 2.70 bits per heavy atom. The fraction of sp³-hybridized carbons (Fsp3) is 0.600. The molecule has 0 spiro atoms. The Hall–Kier alpha value is -1.62. The molecule has 2 rings (SSSR count). The maximum absolute atomic E-state index is 12.3. The van der Waals surface area contributed by atoms with E-state index >= 15 is 0 Å². The number of hydrogen-bond donors (Lipinski definition) is 1. The molecule has 20 heavy (non-hydrogen) atoms. The minimum Gasteiger partial charge on any atom is -0.353 e. The van der Waals surface area contributed by atoms with Crippen molar-refractivity contribution in [2.45, 2.75) is 13.8 Å². The summed E-state index contributed by atoms with van der Waals surface area (Å²) in [6.45, 7) is 8.70. The van der Waals surface area contributed by atoms with Crippen LogP contribution in [-0.2, 0) is 0 Å². The first-order valence-electron chi connectivity index (χ1n) is 7.24. The summed E-state index contributed by atoms with van der Waals surface area (Å²) in [5, 5.41) is 2.97. The quantitative estimate of drug-likeness (QED) is 0.898. The highest BCUT2D eigenvalue weighted by Crippen LogP contribution is 2.18. The van der Waals surface area contributed by atoms with Gasteiger partial charge >= 0.3 is 0 Å². The SMILES string of the molecule is CC(C)CNC(=O)c1cccnc1N1CCN(C)CC1. The van der Waals surface area contributed by atoms with Crippen LogP contribution in [0.2, 0.25) is 0 Å². The Morgan fingerprint density at radius 2 is 2.05 bits per heavy atom. The van der Waals surface area contributed by atoms with Gasteiger partial charge in [0.2, 0.25) is 0 Å². The molecule has 5 heteroatoms. The molecule has 1 saturated heterocycles. The third-order valence-electron chi connectivity index (χ3n) is 3.50. The lowest BCUT2D eigenvalue weighted by Crippen LogP contribution is -2.45. The molecule has 0 aromatic carbocycles. The minimum atomic E-state index is -0.0271. The van der Waals surface area contributed by atoms with Crippen LogP contribution in [0.1, 0.15) is 24.2 Å². The van der Waals surface area contributed by atoms with E-state index in [9.17, 15) is 4.79 Å². The van der Waals surface area contributed by atoms with Gasteiger partial charge in [0.15, 0.2) is 0 Å². The van der Waals surface area contributed by atoms with Gasteiger partial charge in [-0.05, 0) is 25.1 Å². The molecular weight excluding hydrogens is 252 g/mol. The van der Waals surface area contributed by atoms with Gasteiger partial charge in [-0.1, -0.05) is 13.8 Å². The van der Waals surface area contributed by atoms with Crippen LogP contribution in [0.25, 0.3) is 0 Å². The van der Waals surface area contributed by atoms with E-state index in [2.05, 4.69) is 41.0 Å². The number of pyridine rings is 1. The van der Waals surface area contributed by atoms with E-state index in [0.717, 1.165) is 32.0 Å². The summed E-state index contributed by atoms with van der Waals surface area (Å²) in [4.78, 5) is 21.2. The van der Waals surface area contributed by atoms with Crippen molar-refractivity contribution in [2.24, 2.45) is 5.92 Å². The fourth-order valence-electron chi connectivity index (χ4n) is 2.24. The molecule has 0 bridgehead atoms. The summed E-state index contributed by atoms with van der Waals surface area (Å²) in [5.74, 6) is 1.23. The van der Waals surface area contributed by atoms with Crippen molar-refractivity contribution in [1.29, 1.82) is 0 Å². The Bertz CT molecular complexity index is 453.